The third-order valence-corrected chi connectivity index (χ3v) is 4.58. The maximum Gasteiger partial charge on any atom is 0.329 e. The van der Waals surface area contributed by atoms with Gasteiger partial charge in [-0.1, -0.05) is 29.8 Å². The lowest BCUT2D eigenvalue weighted by Crippen LogP contribution is -2.38. The Morgan fingerprint density at radius 1 is 1.14 bits per heavy atom. The van der Waals surface area contributed by atoms with E-state index in [0.29, 0.717) is 33.1 Å². The van der Waals surface area contributed by atoms with Crippen LogP contribution in [0.5, 0.6) is 0 Å². The van der Waals surface area contributed by atoms with E-state index < -0.39 is 23.7 Å². The summed E-state index contributed by atoms with van der Waals surface area (Å²) in [7, 11) is 0. The fourth-order valence-corrected chi connectivity index (χ4v) is 3.25. The van der Waals surface area contributed by atoms with E-state index in [0.717, 1.165) is 4.57 Å². The monoisotopic (exact) mass is 409 g/mol. The molecule has 9 heteroatoms. The summed E-state index contributed by atoms with van der Waals surface area (Å²) in [6, 6.07) is 15.3. The summed E-state index contributed by atoms with van der Waals surface area (Å²) in [5.74, 6) is -0.129. The SMILES string of the molecule is Cc1cc(NC(=O)Cn2c(=O)[nH]c3ccccc3c2=O)n(-c2cccc(Cl)c2)n1. The van der Waals surface area contributed by atoms with Crippen molar-refractivity contribution in [1.82, 2.24) is 19.3 Å². The lowest BCUT2D eigenvalue weighted by molar-refractivity contribution is -0.116. The van der Waals surface area contributed by atoms with Crippen LogP contribution in [0.2, 0.25) is 5.02 Å². The minimum Gasteiger partial charge on any atom is -0.309 e. The number of carbonyl (C=O) groups is 1. The molecule has 2 N–H and O–H groups in total. The van der Waals surface area contributed by atoms with E-state index >= 15 is 0 Å². The van der Waals surface area contributed by atoms with Gasteiger partial charge in [0.25, 0.3) is 5.56 Å². The Morgan fingerprint density at radius 2 is 1.93 bits per heavy atom. The van der Waals surface area contributed by atoms with Crippen molar-refractivity contribution in [3.05, 3.63) is 86.2 Å². The number of H-pyrrole nitrogens is 1. The Kier molecular flexibility index (Phi) is 4.77. The number of halogens is 1. The van der Waals surface area contributed by atoms with Crippen molar-refractivity contribution < 1.29 is 4.79 Å². The van der Waals surface area contributed by atoms with Crippen molar-refractivity contribution in [2.75, 3.05) is 5.32 Å². The van der Waals surface area contributed by atoms with Gasteiger partial charge < -0.3 is 10.3 Å². The lowest BCUT2D eigenvalue weighted by Gasteiger charge is -2.10. The summed E-state index contributed by atoms with van der Waals surface area (Å²) < 4.78 is 2.40. The summed E-state index contributed by atoms with van der Waals surface area (Å²) >= 11 is 6.04. The summed E-state index contributed by atoms with van der Waals surface area (Å²) in [5.41, 5.74) is 0.596. The molecule has 0 saturated heterocycles. The number of carbonyl (C=O) groups excluding carboxylic acids is 1. The molecule has 0 bridgehead atoms. The van der Waals surface area contributed by atoms with E-state index in [9.17, 15) is 14.4 Å². The second-order valence-electron chi connectivity index (χ2n) is 6.48. The van der Waals surface area contributed by atoms with Crippen molar-refractivity contribution in [3.8, 4) is 5.69 Å². The average molecular weight is 410 g/mol. The first-order valence-corrected chi connectivity index (χ1v) is 9.14. The van der Waals surface area contributed by atoms with Gasteiger partial charge in [-0.15, -0.1) is 0 Å². The van der Waals surface area contributed by atoms with E-state index in [-0.39, 0.29) is 0 Å². The topological polar surface area (TPSA) is 102 Å². The zero-order chi connectivity index (χ0) is 20.5. The fourth-order valence-electron chi connectivity index (χ4n) is 3.06. The number of fused-ring (bicyclic) bond motifs is 1. The van der Waals surface area contributed by atoms with Gasteiger partial charge >= 0.3 is 5.69 Å². The molecule has 2 aromatic heterocycles. The predicted molar refractivity (Wildman–Crippen MR) is 111 cm³/mol. The number of anilines is 1. The van der Waals surface area contributed by atoms with Crippen LogP contribution in [0, 0.1) is 6.92 Å². The van der Waals surface area contributed by atoms with Crippen molar-refractivity contribution in [3.63, 3.8) is 0 Å². The van der Waals surface area contributed by atoms with Crippen LogP contribution >= 0.6 is 11.6 Å². The van der Waals surface area contributed by atoms with Gasteiger partial charge in [-0.3, -0.25) is 14.2 Å². The second kappa shape index (κ2) is 7.40. The van der Waals surface area contributed by atoms with Crippen molar-refractivity contribution >= 4 is 34.2 Å². The molecule has 0 atom stereocenters. The first-order valence-electron chi connectivity index (χ1n) is 8.77. The Labute approximate surface area is 169 Å². The van der Waals surface area contributed by atoms with E-state index in [4.69, 9.17) is 11.6 Å². The lowest BCUT2D eigenvalue weighted by atomic mass is 10.2. The average Bonchev–Trinajstić information content (AvgIpc) is 3.05. The smallest absolute Gasteiger partial charge is 0.309 e. The maximum atomic E-state index is 12.6. The zero-order valence-corrected chi connectivity index (χ0v) is 16.1. The quantitative estimate of drug-likeness (QED) is 0.540. The van der Waals surface area contributed by atoms with Crippen LogP contribution in [-0.2, 0) is 11.3 Å². The molecule has 2 heterocycles. The molecule has 0 aliphatic heterocycles. The summed E-state index contributed by atoms with van der Waals surface area (Å²) in [5, 5.41) is 7.93. The molecule has 29 heavy (non-hydrogen) atoms. The predicted octanol–water partition coefficient (Wildman–Crippen LogP) is 2.48. The highest BCUT2D eigenvalue weighted by atomic mass is 35.5. The number of para-hydroxylation sites is 1. The molecule has 0 aliphatic carbocycles. The third kappa shape index (κ3) is 3.70. The molecule has 4 aromatic rings. The van der Waals surface area contributed by atoms with Crippen LogP contribution in [0.25, 0.3) is 16.6 Å². The van der Waals surface area contributed by atoms with Gasteiger partial charge in [-0.05, 0) is 37.3 Å². The number of nitrogens with one attached hydrogen (secondary N) is 2. The molecule has 0 saturated carbocycles. The fraction of sp³-hybridized carbons (Fsp3) is 0.100. The number of nitrogens with zero attached hydrogens (tertiary/aromatic N) is 3. The molecular formula is C20H16ClN5O3. The van der Waals surface area contributed by atoms with Crippen LogP contribution in [-0.4, -0.2) is 25.2 Å². The van der Waals surface area contributed by atoms with Gasteiger partial charge in [0, 0.05) is 11.1 Å². The highest BCUT2D eigenvalue weighted by molar-refractivity contribution is 6.30. The van der Waals surface area contributed by atoms with Crippen LogP contribution in [0.15, 0.2) is 64.2 Å². The van der Waals surface area contributed by atoms with Crippen LogP contribution in [0.1, 0.15) is 5.69 Å². The molecule has 0 radical (unpaired) electrons. The van der Waals surface area contributed by atoms with Gasteiger partial charge in [0.2, 0.25) is 5.91 Å². The Hall–Kier alpha value is -3.65. The highest BCUT2D eigenvalue weighted by Crippen LogP contribution is 2.20. The minimum absolute atomic E-state index is 0.333. The Morgan fingerprint density at radius 3 is 2.72 bits per heavy atom. The molecule has 0 fully saturated rings. The van der Waals surface area contributed by atoms with Gasteiger partial charge in [0.05, 0.1) is 22.3 Å². The van der Waals surface area contributed by atoms with E-state index in [1.807, 2.05) is 0 Å². The van der Waals surface area contributed by atoms with E-state index in [2.05, 4.69) is 15.4 Å². The number of aromatic nitrogens is 4. The van der Waals surface area contributed by atoms with Crippen molar-refractivity contribution in [2.45, 2.75) is 13.5 Å². The Balaban J connectivity index is 1.65. The van der Waals surface area contributed by atoms with Gasteiger partial charge in [0.1, 0.15) is 12.4 Å². The van der Waals surface area contributed by atoms with Crippen molar-refractivity contribution in [1.29, 1.82) is 0 Å². The van der Waals surface area contributed by atoms with E-state index in [1.165, 1.54) is 4.68 Å². The van der Waals surface area contributed by atoms with Crippen LogP contribution in [0.4, 0.5) is 5.82 Å². The molecule has 0 unspecified atom stereocenters. The number of hydrogen-bond acceptors (Lipinski definition) is 4. The summed E-state index contributed by atoms with van der Waals surface area (Å²) in [4.78, 5) is 40.1. The number of amides is 1. The van der Waals surface area contributed by atoms with Gasteiger partial charge in [-0.2, -0.15) is 5.10 Å². The largest absolute Gasteiger partial charge is 0.329 e. The molecular weight excluding hydrogens is 394 g/mol. The highest BCUT2D eigenvalue weighted by Gasteiger charge is 2.15. The molecule has 0 aliphatic rings. The van der Waals surface area contributed by atoms with Crippen molar-refractivity contribution in [2.24, 2.45) is 0 Å². The normalized spacial score (nSPS) is 11.0. The molecule has 8 nitrogen and oxygen atoms in total. The number of hydrogen-bond donors (Lipinski definition) is 2. The number of aryl methyl sites for hydroxylation is 1. The summed E-state index contributed by atoms with van der Waals surface area (Å²) in [6.45, 7) is 1.36. The first kappa shape index (κ1) is 18.7. The third-order valence-electron chi connectivity index (χ3n) is 4.34. The molecule has 146 valence electrons. The number of benzene rings is 2. The van der Waals surface area contributed by atoms with Gasteiger partial charge in [0.15, 0.2) is 0 Å². The standard InChI is InChI=1S/C20H16ClN5O3/c1-12-9-17(26(24-12)14-6-4-5-13(21)10-14)23-18(27)11-25-19(28)15-7-2-3-8-16(15)22-20(25)29/h2-10H,11H2,1H3,(H,22,29)(H,23,27). The van der Waals surface area contributed by atoms with Crippen LogP contribution in [0.3, 0.4) is 0 Å². The molecule has 2 aromatic carbocycles. The number of rotatable bonds is 4. The minimum atomic E-state index is -0.650. The Bertz CT molecular complexity index is 1350. The summed E-state index contributed by atoms with van der Waals surface area (Å²) in [6.07, 6.45) is 0. The molecule has 4 rings (SSSR count). The van der Waals surface area contributed by atoms with E-state index in [1.54, 1.807) is 61.5 Å². The first-order chi connectivity index (χ1) is 13.9. The van der Waals surface area contributed by atoms with Gasteiger partial charge in [-0.25, -0.2) is 9.48 Å². The maximum absolute atomic E-state index is 12.6. The van der Waals surface area contributed by atoms with Crippen LogP contribution < -0.4 is 16.6 Å². The molecule has 0 spiro atoms. The zero-order valence-electron chi connectivity index (χ0n) is 15.3. The molecule has 1 amide bonds. The second-order valence-corrected chi connectivity index (χ2v) is 6.91. The number of aromatic amines is 1.